The SMILES string of the molecule is Nc1nc(NCC2CCSCC2)c2cn[nH]c2n1. The highest BCUT2D eigenvalue weighted by molar-refractivity contribution is 7.99. The molecule has 96 valence electrons. The molecule has 3 rings (SSSR count). The van der Waals surface area contributed by atoms with Crippen LogP contribution in [0.2, 0.25) is 0 Å². The molecule has 18 heavy (non-hydrogen) atoms. The number of rotatable bonds is 3. The number of hydrogen-bond donors (Lipinski definition) is 3. The molecule has 2 aromatic rings. The lowest BCUT2D eigenvalue weighted by molar-refractivity contribution is 0.516. The zero-order valence-electron chi connectivity index (χ0n) is 10.0. The molecule has 4 N–H and O–H groups in total. The minimum absolute atomic E-state index is 0.272. The van der Waals surface area contributed by atoms with E-state index in [4.69, 9.17) is 5.73 Å². The van der Waals surface area contributed by atoms with Crippen LogP contribution in [0, 0.1) is 5.92 Å². The van der Waals surface area contributed by atoms with Crippen LogP contribution in [0.3, 0.4) is 0 Å². The van der Waals surface area contributed by atoms with E-state index in [-0.39, 0.29) is 5.95 Å². The van der Waals surface area contributed by atoms with E-state index in [1.807, 2.05) is 11.8 Å². The van der Waals surface area contributed by atoms with Gasteiger partial charge >= 0.3 is 0 Å². The highest BCUT2D eigenvalue weighted by Gasteiger charge is 2.15. The highest BCUT2D eigenvalue weighted by Crippen LogP contribution is 2.24. The van der Waals surface area contributed by atoms with Crippen LogP contribution in [-0.2, 0) is 0 Å². The summed E-state index contributed by atoms with van der Waals surface area (Å²) < 4.78 is 0. The molecule has 0 aliphatic carbocycles. The smallest absolute Gasteiger partial charge is 0.224 e. The summed E-state index contributed by atoms with van der Waals surface area (Å²) in [6, 6.07) is 0. The third-order valence-corrected chi connectivity index (χ3v) is 4.27. The van der Waals surface area contributed by atoms with Crippen molar-refractivity contribution in [2.24, 2.45) is 5.92 Å². The van der Waals surface area contributed by atoms with Crippen LogP contribution in [0.4, 0.5) is 11.8 Å². The van der Waals surface area contributed by atoms with E-state index < -0.39 is 0 Å². The Balaban J connectivity index is 1.75. The number of aromatic amines is 1. The second-order valence-corrected chi connectivity index (χ2v) is 5.72. The van der Waals surface area contributed by atoms with Crippen molar-refractivity contribution in [3.63, 3.8) is 0 Å². The van der Waals surface area contributed by atoms with Crippen LogP contribution in [0.5, 0.6) is 0 Å². The Labute approximate surface area is 109 Å². The minimum atomic E-state index is 0.272. The van der Waals surface area contributed by atoms with Gasteiger partial charge in [-0.25, -0.2) is 0 Å². The van der Waals surface area contributed by atoms with Crippen LogP contribution in [0.25, 0.3) is 11.0 Å². The Morgan fingerprint density at radius 1 is 1.39 bits per heavy atom. The van der Waals surface area contributed by atoms with Crippen LogP contribution < -0.4 is 11.1 Å². The average molecular weight is 264 g/mol. The first-order valence-electron chi connectivity index (χ1n) is 6.11. The van der Waals surface area contributed by atoms with E-state index in [9.17, 15) is 0 Å². The van der Waals surface area contributed by atoms with E-state index >= 15 is 0 Å². The summed E-state index contributed by atoms with van der Waals surface area (Å²) in [5, 5.41) is 11.1. The number of nitrogens with zero attached hydrogens (tertiary/aromatic N) is 3. The molecule has 1 saturated heterocycles. The summed E-state index contributed by atoms with van der Waals surface area (Å²) in [7, 11) is 0. The molecule has 7 heteroatoms. The number of thioether (sulfide) groups is 1. The lowest BCUT2D eigenvalue weighted by Crippen LogP contribution is -2.19. The van der Waals surface area contributed by atoms with Gasteiger partial charge in [0.15, 0.2) is 5.65 Å². The third kappa shape index (κ3) is 2.35. The van der Waals surface area contributed by atoms with Gasteiger partial charge in [0.2, 0.25) is 5.95 Å². The first-order valence-corrected chi connectivity index (χ1v) is 7.26. The van der Waals surface area contributed by atoms with Crippen molar-refractivity contribution in [2.45, 2.75) is 12.8 Å². The summed E-state index contributed by atoms with van der Waals surface area (Å²) in [6.07, 6.45) is 4.27. The van der Waals surface area contributed by atoms with Gasteiger partial charge in [0.25, 0.3) is 0 Å². The fourth-order valence-corrected chi connectivity index (χ4v) is 3.38. The predicted molar refractivity (Wildman–Crippen MR) is 74.6 cm³/mol. The molecule has 1 aliphatic heterocycles. The maximum Gasteiger partial charge on any atom is 0.224 e. The minimum Gasteiger partial charge on any atom is -0.369 e. The van der Waals surface area contributed by atoms with Gasteiger partial charge in [0.05, 0.1) is 11.6 Å². The molecular formula is C11H16N6S. The molecule has 0 aromatic carbocycles. The predicted octanol–water partition coefficient (Wildman–Crippen LogP) is 1.49. The van der Waals surface area contributed by atoms with Crippen molar-refractivity contribution in [2.75, 3.05) is 29.1 Å². The second kappa shape index (κ2) is 5.01. The summed E-state index contributed by atoms with van der Waals surface area (Å²) in [5.41, 5.74) is 6.36. The Morgan fingerprint density at radius 2 is 2.22 bits per heavy atom. The molecule has 0 radical (unpaired) electrons. The maximum absolute atomic E-state index is 5.68. The fraction of sp³-hybridized carbons (Fsp3) is 0.545. The molecule has 0 amide bonds. The summed E-state index contributed by atoms with van der Waals surface area (Å²) in [6.45, 7) is 0.942. The Morgan fingerprint density at radius 3 is 3.06 bits per heavy atom. The van der Waals surface area contributed by atoms with Crippen molar-refractivity contribution < 1.29 is 0 Å². The van der Waals surface area contributed by atoms with Gasteiger partial charge in [-0.05, 0) is 30.3 Å². The molecular weight excluding hydrogens is 248 g/mol. The first-order chi connectivity index (χ1) is 8.83. The van der Waals surface area contributed by atoms with Crippen molar-refractivity contribution in [1.82, 2.24) is 20.2 Å². The Hall–Kier alpha value is -1.50. The number of H-pyrrole nitrogens is 1. The van der Waals surface area contributed by atoms with Gasteiger partial charge in [-0.15, -0.1) is 0 Å². The number of aromatic nitrogens is 4. The molecule has 0 atom stereocenters. The number of hydrogen-bond acceptors (Lipinski definition) is 6. The monoisotopic (exact) mass is 264 g/mol. The van der Waals surface area contributed by atoms with Crippen molar-refractivity contribution in [3.05, 3.63) is 6.20 Å². The van der Waals surface area contributed by atoms with Crippen LogP contribution >= 0.6 is 11.8 Å². The number of nitrogens with two attached hydrogens (primary N) is 1. The van der Waals surface area contributed by atoms with Crippen LogP contribution in [0.15, 0.2) is 6.20 Å². The Bertz CT molecular complexity index is 533. The normalized spacial score (nSPS) is 17.1. The van der Waals surface area contributed by atoms with E-state index in [0.717, 1.165) is 23.7 Å². The van der Waals surface area contributed by atoms with Gasteiger partial charge in [0, 0.05) is 6.54 Å². The largest absolute Gasteiger partial charge is 0.369 e. The van der Waals surface area contributed by atoms with Crippen molar-refractivity contribution in [1.29, 1.82) is 0 Å². The van der Waals surface area contributed by atoms with E-state index in [1.165, 1.54) is 24.3 Å². The lowest BCUT2D eigenvalue weighted by atomic mass is 10.0. The molecule has 1 fully saturated rings. The summed E-state index contributed by atoms with van der Waals surface area (Å²) >= 11 is 2.04. The molecule has 3 heterocycles. The molecule has 0 spiro atoms. The molecule has 1 aliphatic rings. The van der Waals surface area contributed by atoms with Gasteiger partial charge in [-0.2, -0.15) is 26.8 Å². The van der Waals surface area contributed by atoms with Crippen molar-refractivity contribution >= 4 is 34.6 Å². The lowest BCUT2D eigenvalue weighted by Gasteiger charge is -2.21. The number of fused-ring (bicyclic) bond motifs is 1. The molecule has 0 unspecified atom stereocenters. The van der Waals surface area contributed by atoms with Crippen LogP contribution in [-0.4, -0.2) is 38.2 Å². The number of nitrogen functional groups attached to an aromatic ring is 1. The average Bonchev–Trinajstić information content (AvgIpc) is 2.85. The fourth-order valence-electron chi connectivity index (χ4n) is 2.18. The van der Waals surface area contributed by atoms with E-state index in [0.29, 0.717) is 5.65 Å². The van der Waals surface area contributed by atoms with Gasteiger partial charge < -0.3 is 11.1 Å². The van der Waals surface area contributed by atoms with Gasteiger partial charge in [-0.1, -0.05) is 0 Å². The molecule has 6 nitrogen and oxygen atoms in total. The highest BCUT2D eigenvalue weighted by atomic mass is 32.2. The zero-order chi connectivity index (χ0) is 12.4. The second-order valence-electron chi connectivity index (χ2n) is 4.50. The van der Waals surface area contributed by atoms with Gasteiger partial charge in [-0.3, -0.25) is 5.10 Å². The molecule has 0 bridgehead atoms. The van der Waals surface area contributed by atoms with E-state index in [1.54, 1.807) is 6.20 Å². The van der Waals surface area contributed by atoms with E-state index in [2.05, 4.69) is 25.5 Å². The summed E-state index contributed by atoms with van der Waals surface area (Å²) in [5.74, 6) is 4.31. The standard InChI is InChI=1S/C11H16N6S/c12-11-15-9(8-6-14-17-10(8)16-11)13-5-7-1-3-18-4-2-7/h6-7H,1-5H2,(H4,12,13,14,15,16,17). The number of anilines is 2. The topological polar surface area (TPSA) is 92.5 Å². The molecule has 2 aromatic heterocycles. The maximum atomic E-state index is 5.68. The number of nitrogens with one attached hydrogen (secondary N) is 2. The van der Waals surface area contributed by atoms with Crippen LogP contribution in [0.1, 0.15) is 12.8 Å². The third-order valence-electron chi connectivity index (χ3n) is 3.23. The molecule has 0 saturated carbocycles. The van der Waals surface area contributed by atoms with Crippen molar-refractivity contribution in [3.8, 4) is 0 Å². The first kappa shape index (κ1) is 11.6. The van der Waals surface area contributed by atoms with Gasteiger partial charge in [0.1, 0.15) is 5.82 Å². The summed E-state index contributed by atoms with van der Waals surface area (Å²) in [4.78, 5) is 8.34. The quantitative estimate of drug-likeness (QED) is 0.778. The zero-order valence-corrected chi connectivity index (χ0v) is 10.8. The Kier molecular flexibility index (Phi) is 3.22.